The lowest BCUT2D eigenvalue weighted by atomic mass is 10.1. The summed E-state index contributed by atoms with van der Waals surface area (Å²) < 4.78 is 27.3. The van der Waals surface area contributed by atoms with E-state index in [2.05, 4.69) is 16.0 Å². The second-order valence-electron chi connectivity index (χ2n) is 7.87. The van der Waals surface area contributed by atoms with Crippen LogP contribution in [-0.4, -0.2) is 73.2 Å². The van der Waals surface area contributed by atoms with Gasteiger partial charge in [0.1, 0.15) is 0 Å². The van der Waals surface area contributed by atoms with Gasteiger partial charge in [0.05, 0.1) is 18.4 Å². The number of carbonyl (C=O) groups is 1. The van der Waals surface area contributed by atoms with E-state index in [1.165, 1.54) is 13.5 Å². The first-order chi connectivity index (χ1) is 14.7. The largest absolute Gasteiger partial charge is 0.351 e. The molecule has 0 unspecified atom stereocenters. The van der Waals surface area contributed by atoms with Crippen molar-refractivity contribution in [3.63, 3.8) is 0 Å². The van der Waals surface area contributed by atoms with Crippen LogP contribution in [0.2, 0.25) is 0 Å². The number of rotatable bonds is 7. The van der Waals surface area contributed by atoms with E-state index < -0.39 is 16.2 Å². The second-order valence-corrected chi connectivity index (χ2v) is 10.0. The van der Waals surface area contributed by atoms with Gasteiger partial charge >= 0.3 is 6.03 Å². The zero-order valence-corrected chi connectivity index (χ0v) is 19.0. The standard InChI is InChI=1S/C21H30N6O3S/c1-17-7-8-20(14-23-17)27(21(22)28)16-19-6-4-5-18(13-19)15-25-9-11-26(12-10-25)31(29,30)24(2)3/h4-8,13-14H,9-12,15-16H2,1-3H3,(H2,22,28). The zero-order valence-electron chi connectivity index (χ0n) is 18.2. The number of nitrogens with two attached hydrogens (primary N) is 1. The summed E-state index contributed by atoms with van der Waals surface area (Å²) in [5, 5.41) is 0. The van der Waals surface area contributed by atoms with Gasteiger partial charge in [-0.2, -0.15) is 17.0 Å². The van der Waals surface area contributed by atoms with Crippen LogP contribution in [0, 0.1) is 6.92 Å². The molecule has 2 N–H and O–H groups in total. The lowest BCUT2D eigenvalue weighted by Crippen LogP contribution is -2.51. The first-order valence-corrected chi connectivity index (χ1v) is 11.5. The number of hydrogen-bond donors (Lipinski definition) is 1. The number of amides is 2. The number of urea groups is 1. The van der Waals surface area contributed by atoms with Gasteiger partial charge in [0, 0.05) is 52.5 Å². The van der Waals surface area contributed by atoms with Crippen molar-refractivity contribution in [2.75, 3.05) is 45.2 Å². The molecule has 1 aromatic carbocycles. The molecule has 168 valence electrons. The number of primary amides is 1. The molecule has 0 atom stereocenters. The molecule has 3 rings (SSSR count). The Morgan fingerprint density at radius 2 is 1.77 bits per heavy atom. The van der Waals surface area contributed by atoms with Crippen molar-refractivity contribution < 1.29 is 13.2 Å². The quantitative estimate of drug-likeness (QED) is 0.693. The highest BCUT2D eigenvalue weighted by Crippen LogP contribution is 2.18. The Hall–Kier alpha value is -2.53. The highest BCUT2D eigenvalue weighted by molar-refractivity contribution is 7.86. The predicted octanol–water partition coefficient (Wildman–Crippen LogP) is 1.40. The van der Waals surface area contributed by atoms with Crippen LogP contribution >= 0.6 is 0 Å². The number of piperazine rings is 1. The van der Waals surface area contributed by atoms with E-state index in [1.807, 2.05) is 37.3 Å². The Morgan fingerprint density at radius 3 is 2.35 bits per heavy atom. The third-order valence-electron chi connectivity index (χ3n) is 5.33. The Labute approximate surface area is 184 Å². The normalized spacial score (nSPS) is 15.9. The van der Waals surface area contributed by atoms with E-state index in [9.17, 15) is 13.2 Å². The minimum Gasteiger partial charge on any atom is -0.351 e. The number of hydrogen-bond acceptors (Lipinski definition) is 5. The number of nitrogens with zero attached hydrogens (tertiary/aromatic N) is 5. The minimum absolute atomic E-state index is 0.350. The number of benzene rings is 1. The summed E-state index contributed by atoms with van der Waals surface area (Å²) in [4.78, 5) is 20.0. The lowest BCUT2D eigenvalue weighted by Gasteiger charge is -2.35. The summed E-state index contributed by atoms with van der Waals surface area (Å²) in [6.07, 6.45) is 1.64. The van der Waals surface area contributed by atoms with Crippen molar-refractivity contribution in [3.8, 4) is 0 Å². The molecule has 1 fully saturated rings. The molecule has 10 heteroatoms. The fourth-order valence-electron chi connectivity index (χ4n) is 3.53. The molecule has 2 aromatic rings. The molecule has 0 spiro atoms. The Balaban J connectivity index is 1.64. The molecule has 1 aliphatic rings. The van der Waals surface area contributed by atoms with Crippen LogP contribution < -0.4 is 10.6 Å². The molecular formula is C21H30N6O3S. The van der Waals surface area contributed by atoms with Gasteiger partial charge in [0.25, 0.3) is 10.2 Å². The average Bonchev–Trinajstić information content (AvgIpc) is 2.73. The maximum absolute atomic E-state index is 12.3. The lowest BCUT2D eigenvalue weighted by molar-refractivity contribution is 0.177. The highest BCUT2D eigenvalue weighted by Gasteiger charge is 2.28. The van der Waals surface area contributed by atoms with E-state index in [-0.39, 0.29) is 0 Å². The van der Waals surface area contributed by atoms with Crippen LogP contribution in [0.5, 0.6) is 0 Å². The fourth-order valence-corrected chi connectivity index (χ4v) is 4.62. The summed E-state index contributed by atoms with van der Waals surface area (Å²) in [7, 11) is -0.266. The van der Waals surface area contributed by atoms with Gasteiger partial charge in [-0.05, 0) is 30.2 Å². The Morgan fingerprint density at radius 1 is 1.10 bits per heavy atom. The summed E-state index contributed by atoms with van der Waals surface area (Å²) in [6, 6.07) is 11.2. The molecule has 0 bridgehead atoms. The van der Waals surface area contributed by atoms with Crippen molar-refractivity contribution in [2.45, 2.75) is 20.0 Å². The molecule has 2 amide bonds. The predicted molar refractivity (Wildman–Crippen MR) is 121 cm³/mol. The molecule has 9 nitrogen and oxygen atoms in total. The topological polar surface area (TPSA) is 103 Å². The van der Waals surface area contributed by atoms with Crippen molar-refractivity contribution >= 4 is 21.9 Å². The highest BCUT2D eigenvalue weighted by atomic mass is 32.2. The zero-order chi connectivity index (χ0) is 22.6. The smallest absolute Gasteiger partial charge is 0.319 e. The van der Waals surface area contributed by atoms with E-state index in [0.29, 0.717) is 45.0 Å². The van der Waals surface area contributed by atoms with Crippen LogP contribution in [0.4, 0.5) is 10.5 Å². The summed E-state index contributed by atoms with van der Waals surface area (Å²) in [6.45, 7) is 5.22. The van der Waals surface area contributed by atoms with E-state index in [0.717, 1.165) is 16.8 Å². The molecule has 1 aliphatic heterocycles. The fraction of sp³-hybridized carbons (Fsp3) is 0.429. The maximum Gasteiger partial charge on any atom is 0.319 e. The molecule has 1 aromatic heterocycles. The SMILES string of the molecule is Cc1ccc(N(Cc2cccc(CN3CCN(S(=O)(=O)N(C)C)CC3)c2)C(N)=O)cn1. The summed E-state index contributed by atoms with van der Waals surface area (Å²) in [5.74, 6) is 0. The van der Waals surface area contributed by atoms with Gasteiger partial charge in [-0.15, -0.1) is 0 Å². The number of carbonyl (C=O) groups excluding carboxylic acids is 1. The molecule has 2 heterocycles. The minimum atomic E-state index is -3.37. The van der Waals surface area contributed by atoms with Crippen LogP contribution in [0.15, 0.2) is 42.6 Å². The van der Waals surface area contributed by atoms with Gasteiger partial charge in [-0.25, -0.2) is 4.79 Å². The van der Waals surface area contributed by atoms with Gasteiger partial charge in [0.15, 0.2) is 0 Å². The van der Waals surface area contributed by atoms with Gasteiger partial charge < -0.3 is 5.73 Å². The van der Waals surface area contributed by atoms with Crippen LogP contribution in [0.25, 0.3) is 0 Å². The molecule has 31 heavy (non-hydrogen) atoms. The molecule has 0 radical (unpaired) electrons. The van der Waals surface area contributed by atoms with E-state index >= 15 is 0 Å². The summed E-state index contributed by atoms with van der Waals surface area (Å²) >= 11 is 0. The first-order valence-electron chi connectivity index (χ1n) is 10.1. The van der Waals surface area contributed by atoms with Gasteiger partial charge in [0.2, 0.25) is 0 Å². The average molecular weight is 447 g/mol. The number of pyridine rings is 1. The van der Waals surface area contributed by atoms with Crippen molar-refractivity contribution in [1.29, 1.82) is 0 Å². The van der Waals surface area contributed by atoms with E-state index in [4.69, 9.17) is 5.73 Å². The van der Waals surface area contributed by atoms with Crippen molar-refractivity contribution in [3.05, 3.63) is 59.4 Å². The number of anilines is 1. The monoisotopic (exact) mass is 446 g/mol. The van der Waals surface area contributed by atoms with Gasteiger partial charge in [-0.1, -0.05) is 24.3 Å². The van der Waals surface area contributed by atoms with Crippen molar-refractivity contribution in [2.24, 2.45) is 5.73 Å². The molecule has 1 saturated heterocycles. The number of aromatic nitrogens is 1. The Kier molecular flexibility index (Phi) is 7.26. The molecule has 0 aliphatic carbocycles. The molecule has 0 saturated carbocycles. The van der Waals surface area contributed by atoms with Gasteiger partial charge in [-0.3, -0.25) is 14.8 Å². The second kappa shape index (κ2) is 9.73. The first kappa shape index (κ1) is 23.1. The third-order valence-corrected chi connectivity index (χ3v) is 7.27. The van der Waals surface area contributed by atoms with Crippen molar-refractivity contribution in [1.82, 2.24) is 18.5 Å². The number of aryl methyl sites for hydroxylation is 1. The third kappa shape index (κ3) is 5.79. The Bertz CT molecular complexity index is 1000. The van der Waals surface area contributed by atoms with Crippen LogP contribution in [0.3, 0.4) is 0 Å². The van der Waals surface area contributed by atoms with Crippen LogP contribution in [0.1, 0.15) is 16.8 Å². The summed E-state index contributed by atoms with van der Waals surface area (Å²) in [5.41, 5.74) is 9.20. The van der Waals surface area contributed by atoms with Crippen LogP contribution in [-0.2, 0) is 23.3 Å². The molecular weight excluding hydrogens is 416 g/mol. The van der Waals surface area contributed by atoms with E-state index in [1.54, 1.807) is 20.3 Å². The maximum atomic E-state index is 12.3.